The van der Waals surface area contributed by atoms with Crippen LogP contribution in [0.25, 0.3) is 0 Å². The number of rotatable bonds is 36. The topological polar surface area (TPSA) is 55.8 Å². The Labute approximate surface area is 292 Å². The van der Waals surface area contributed by atoms with Gasteiger partial charge in [0.1, 0.15) is 6.10 Å². The van der Waals surface area contributed by atoms with E-state index in [1.807, 2.05) is 0 Å². The molecular formula is C43H76O4. The maximum Gasteiger partial charge on any atom is 0.306 e. The zero-order valence-corrected chi connectivity index (χ0v) is 31.0. The van der Waals surface area contributed by atoms with Gasteiger partial charge in [-0.15, -0.1) is 0 Å². The quantitative estimate of drug-likeness (QED) is 0.0414. The van der Waals surface area contributed by atoms with Crippen LogP contribution < -0.4 is 0 Å². The summed E-state index contributed by atoms with van der Waals surface area (Å²) in [5.41, 5.74) is 0. The van der Waals surface area contributed by atoms with Gasteiger partial charge in [-0.05, 0) is 57.8 Å². The fourth-order valence-corrected chi connectivity index (χ4v) is 5.41. The van der Waals surface area contributed by atoms with Crippen LogP contribution in [0.3, 0.4) is 0 Å². The second-order valence-electron chi connectivity index (χ2n) is 13.0. The van der Waals surface area contributed by atoms with Crippen LogP contribution in [-0.2, 0) is 14.3 Å². The summed E-state index contributed by atoms with van der Waals surface area (Å²) in [7, 11) is 0. The summed E-state index contributed by atoms with van der Waals surface area (Å²) in [5.74, 6) is -0.216. The van der Waals surface area contributed by atoms with E-state index in [0.29, 0.717) is 13.0 Å². The van der Waals surface area contributed by atoms with Crippen LogP contribution in [0.5, 0.6) is 0 Å². The predicted octanol–water partition coefficient (Wildman–Crippen LogP) is 12.9. The normalized spacial score (nSPS) is 13.0. The van der Waals surface area contributed by atoms with E-state index in [0.717, 1.165) is 64.2 Å². The van der Waals surface area contributed by atoms with Crippen molar-refractivity contribution < 1.29 is 19.4 Å². The van der Waals surface area contributed by atoms with Crippen LogP contribution in [0.15, 0.2) is 60.8 Å². The van der Waals surface area contributed by atoms with E-state index in [4.69, 9.17) is 9.47 Å². The van der Waals surface area contributed by atoms with Crippen LogP contribution in [0, 0.1) is 0 Å². The highest BCUT2D eigenvalue weighted by molar-refractivity contribution is 5.69. The van der Waals surface area contributed by atoms with Crippen molar-refractivity contribution in [1.82, 2.24) is 0 Å². The van der Waals surface area contributed by atoms with Gasteiger partial charge in [0.2, 0.25) is 0 Å². The number of allylic oxidation sites excluding steroid dienone is 10. The van der Waals surface area contributed by atoms with Gasteiger partial charge in [-0.3, -0.25) is 4.79 Å². The Morgan fingerprint density at radius 2 is 0.957 bits per heavy atom. The largest absolute Gasteiger partial charge is 0.457 e. The van der Waals surface area contributed by atoms with Gasteiger partial charge in [0.25, 0.3) is 0 Å². The number of hydrogen-bond acceptors (Lipinski definition) is 4. The molecule has 1 unspecified atom stereocenters. The zero-order chi connectivity index (χ0) is 34.1. The van der Waals surface area contributed by atoms with Crippen molar-refractivity contribution >= 4 is 5.97 Å². The third-order valence-corrected chi connectivity index (χ3v) is 8.36. The Morgan fingerprint density at radius 1 is 0.532 bits per heavy atom. The molecule has 0 heterocycles. The number of esters is 1. The lowest BCUT2D eigenvalue weighted by Gasteiger charge is -2.15. The summed E-state index contributed by atoms with van der Waals surface area (Å²) in [5, 5.41) is 9.57. The van der Waals surface area contributed by atoms with Crippen molar-refractivity contribution in [2.75, 3.05) is 19.8 Å². The van der Waals surface area contributed by atoms with Gasteiger partial charge in [0.05, 0.1) is 13.2 Å². The van der Waals surface area contributed by atoms with E-state index in [9.17, 15) is 9.90 Å². The molecule has 0 saturated heterocycles. The van der Waals surface area contributed by atoms with Crippen molar-refractivity contribution in [2.24, 2.45) is 0 Å². The van der Waals surface area contributed by atoms with Crippen molar-refractivity contribution in [3.63, 3.8) is 0 Å². The van der Waals surface area contributed by atoms with E-state index in [2.05, 4.69) is 74.6 Å². The number of carbonyl (C=O) groups is 1. The van der Waals surface area contributed by atoms with Crippen molar-refractivity contribution in [1.29, 1.82) is 0 Å². The number of ether oxygens (including phenoxy) is 2. The highest BCUT2D eigenvalue weighted by Gasteiger charge is 2.13. The van der Waals surface area contributed by atoms with Crippen molar-refractivity contribution in [3.8, 4) is 0 Å². The lowest BCUT2D eigenvalue weighted by atomic mass is 10.0. The van der Waals surface area contributed by atoms with Crippen LogP contribution in [0.1, 0.15) is 181 Å². The minimum absolute atomic E-state index is 0.190. The van der Waals surface area contributed by atoms with E-state index in [-0.39, 0.29) is 19.2 Å². The maximum absolute atomic E-state index is 12.2. The molecule has 272 valence electrons. The number of aliphatic hydroxyl groups is 1. The first kappa shape index (κ1) is 45.1. The summed E-state index contributed by atoms with van der Waals surface area (Å²) < 4.78 is 11.1. The molecule has 0 aromatic rings. The molecule has 1 atom stereocenters. The Hall–Kier alpha value is -1.91. The number of carbonyl (C=O) groups excluding carboxylic acids is 1. The minimum atomic E-state index is -0.556. The number of hydrogen-bond donors (Lipinski definition) is 1. The third kappa shape index (κ3) is 38.4. The van der Waals surface area contributed by atoms with E-state index >= 15 is 0 Å². The Balaban J connectivity index is 3.52. The number of aliphatic hydroxyl groups excluding tert-OH is 1. The van der Waals surface area contributed by atoms with Crippen molar-refractivity contribution in [2.45, 2.75) is 187 Å². The van der Waals surface area contributed by atoms with E-state index in [1.165, 1.54) is 96.3 Å². The van der Waals surface area contributed by atoms with Crippen LogP contribution in [-0.4, -0.2) is 37.0 Å². The van der Waals surface area contributed by atoms with Gasteiger partial charge in [0, 0.05) is 13.0 Å². The third-order valence-electron chi connectivity index (χ3n) is 8.36. The molecule has 1 N–H and O–H groups in total. The molecule has 0 aromatic heterocycles. The first-order valence-corrected chi connectivity index (χ1v) is 19.9. The summed E-state index contributed by atoms with van der Waals surface area (Å²) in [6, 6.07) is 0. The molecule has 0 aromatic carbocycles. The SMILES string of the molecule is CC/C=C\C/C=C\C/C=C\C/C=C\C/C=C\CCCCOCC(CO)OC(=O)CCCCCCCCCCCCCCCCCCC. The summed E-state index contributed by atoms with van der Waals surface area (Å²) in [4.78, 5) is 12.2. The molecular weight excluding hydrogens is 580 g/mol. The molecule has 0 saturated carbocycles. The molecule has 0 radical (unpaired) electrons. The molecule has 0 rings (SSSR count). The molecule has 0 amide bonds. The van der Waals surface area contributed by atoms with Crippen LogP contribution >= 0.6 is 0 Å². The maximum atomic E-state index is 12.2. The van der Waals surface area contributed by atoms with Gasteiger partial charge in [-0.1, -0.05) is 177 Å². The minimum Gasteiger partial charge on any atom is -0.457 e. The highest BCUT2D eigenvalue weighted by atomic mass is 16.6. The standard InChI is InChI=1S/C43H76O4/c1-3-5-7-9-11-13-15-17-19-21-23-25-27-29-31-33-35-37-39-46-41-42(40-44)47-43(45)38-36-34-32-30-28-26-24-22-20-18-16-14-12-10-8-6-4-2/h5,7,11,13,17,19,23,25,29,31,42,44H,3-4,6,8-10,12,14-16,18,20-22,24,26-28,30,32-41H2,1-2H3/b7-5-,13-11-,19-17-,25-23-,31-29-. The van der Waals surface area contributed by atoms with Crippen LogP contribution in [0.2, 0.25) is 0 Å². The number of unbranched alkanes of at least 4 members (excludes halogenated alkanes) is 18. The molecule has 4 heteroatoms. The Bertz CT molecular complexity index is 779. The second kappa shape index (κ2) is 40.3. The second-order valence-corrected chi connectivity index (χ2v) is 13.0. The average Bonchev–Trinajstić information content (AvgIpc) is 3.08. The van der Waals surface area contributed by atoms with Gasteiger partial charge in [-0.2, -0.15) is 0 Å². The van der Waals surface area contributed by atoms with Gasteiger partial charge >= 0.3 is 5.97 Å². The van der Waals surface area contributed by atoms with Crippen LogP contribution in [0.4, 0.5) is 0 Å². The fraction of sp³-hybridized carbons (Fsp3) is 0.744. The molecule has 0 aliphatic rings. The molecule has 0 bridgehead atoms. The average molecular weight is 657 g/mol. The predicted molar refractivity (Wildman–Crippen MR) is 205 cm³/mol. The summed E-state index contributed by atoms with van der Waals surface area (Å²) in [6.07, 6.45) is 52.7. The highest BCUT2D eigenvalue weighted by Crippen LogP contribution is 2.14. The Kier molecular flexibility index (Phi) is 38.6. The molecule has 4 nitrogen and oxygen atoms in total. The monoisotopic (exact) mass is 657 g/mol. The zero-order valence-electron chi connectivity index (χ0n) is 31.0. The summed E-state index contributed by atoms with van der Waals surface area (Å²) >= 11 is 0. The molecule has 0 fully saturated rings. The smallest absolute Gasteiger partial charge is 0.306 e. The molecule has 47 heavy (non-hydrogen) atoms. The van der Waals surface area contributed by atoms with E-state index < -0.39 is 6.10 Å². The first-order chi connectivity index (χ1) is 23.2. The van der Waals surface area contributed by atoms with E-state index in [1.54, 1.807) is 0 Å². The fourth-order valence-electron chi connectivity index (χ4n) is 5.41. The van der Waals surface area contributed by atoms with Crippen molar-refractivity contribution in [3.05, 3.63) is 60.8 Å². The molecule has 0 aliphatic carbocycles. The summed E-state index contributed by atoms with van der Waals surface area (Å²) in [6.45, 7) is 5.14. The van der Waals surface area contributed by atoms with Gasteiger partial charge < -0.3 is 14.6 Å². The van der Waals surface area contributed by atoms with Gasteiger partial charge in [-0.25, -0.2) is 0 Å². The first-order valence-electron chi connectivity index (χ1n) is 19.9. The van der Waals surface area contributed by atoms with Gasteiger partial charge in [0.15, 0.2) is 0 Å². The molecule has 0 aliphatic heterocycles. The lowest BCUT2D eigenvalue weighted by Crippen LogP contribution is -2.27. The molecule has 0 spiro atoms. The lowest BCUT2D eigenvalue weighted by molar-refractivity contribution is -0.154. The Morgan fingerprint density at radius 3 is 1.40 bits per heavy atom.